The first-order valence-electron chi connectivity index (χ1n) is 14.6. The molecule has 2 saturated heterocycles. The Morgan fingerprint density at radius 2 is 1.26 bits per heavy atom. The van der Waals surface area contributed by atoms with Crippen LogP contribution in [0.15, 0.2) is 97.1 Å². The molecular formula is C36H28N2O5. The molecule has 0 unspecified atom stereocenters. The number of carbonyl (C=O) groups is 4. The van der Waals surface area contributed by atoms with Crippen LogP contribution in [0, 0.1) is 24.7 Å². The third-order valence-electron chi connectivity index (χ3n) is 9.51. The van der Waals surface area contributed by atoms with Crippen LogP contribution in [0.1, 0.15) is 46.1 Å². The van der Waals surface area contributed by atoms with E-state index in [1.54, 1.807) is 29.2 Å². The molecular weight excluding hydrogens is 540 g/mol. The van der Waals surface area contributed by atoms with Crippen molar-refractivity contribution < 1.29 is 23.9 Å². The number of rotatable bonds is 4. The lowest BCUT2D eigenvalue weighted by atomic mass is 9.55. The molecule has 4 aromatic rings. The van der Waals surface area contributed by atoms with Crippen molar-refractivity contribution in [2.24, 2.45) is 17.8 Å². The third kappa shape index (κ3) is 3.80. The number of imide groups is 1. The Labute approximate surface area is 248 Å². The monoisotopic (exact) mass is 568 g/mol. The number of amides is 3. The zero-order valence-corrected chi connectivity index (χ0v) is 23.5. The number of benzene rings is 4. The summed E-state index contributed by atoms with van der Waals surface area (Å²) in [5.41, 5.74) is 6.62. The van der Waals surface area contributed by atoms with E-state index in [2.05, 4.69) is 24.3 Å². The number of nitrogens with zero attached hydrogens (tertiary/aromatic N) is 2. The van der Waals surface area contributed by atoms with Gasteiger partial charge in [0.1, 0.15) is 5.75 Å². The van der Waals surface area contributed by atoms with Crippen molar-refractivity contribution >= 4 is 35.1 Å². The van der Waals surface area contributed by atoms with Crippen LogP contribution in [0.4, 0.5) is 11.4 Å². The first kappa shape index (κ1) is 25.7. The quantitative estimate of drug-likeness (QED) is 0.188. The fourth-order valence-corrected chi connectivity index (χ4v) is 7.73. The molecule has 0 N–H and O–H groups in total. The van der Waals surface area contributed by atoms with Crippen molar-refractivity contribution in [1.82, 2.24) is 0 Å². The first-order chi connectivity index (χ1) is 20.9. The summed E-state index contributed by atoms with van der Waals surface area (Å²) < 4.78 is 5.73. The lowest BCUT2D eigenvalue weighted by Crippen LogP contribution is -2.41. The fourth-order valence-electron chi connectivity index (χ4n) is 7.73. The van der Waals surface area contributed by atoms with E-state index in [9.17, 15) is 19.2 Å². The van der Waals surface area contributed by atoms with Gasteiger partial charge < -0.3 is 9.64 Å². The van der Waals surface area contributed by atoms with Gasteiger partial charge >= 0.3 is 5.97 Å². The van der Waals surface area contributed by atoms with Crippen LogP contribution in [-0.2, 0) is 19.2 Å². The van der Waals surface area contributed by atoms with Crippen LogP contribution < -0.4 is 14.5 Å². The summed E-state index contributed by atoms with van der Waals surface area (Å²) in [6.45, 7) is 2.19. The molecule has 4 aromatic carbocycles. The fraction of sp³-hybridized carbons (Fsp3) is 0.222. The molecule has 43 heavy (non-hydrogen) atoms. The van der Waals surface area contributed by atoms with Crippen LogP contribution in [0.25, 0.3) is 0 Å². The topological polar surface area (TPSA) is 84.0 Å². The van der Waals surface area contributed by atoms with Crippen molar-refractivity contribution in [3.8, 4) is 5.75 Å². The van der Waals surface area contributed by atoms with Gasteiger partial charge in [0.15, 0.2) is 0 Å². The van der Waals surface area contributed by atoms with Gasteiger partial charge in [-0.15, -0.1) is 0 Å². The number of esters is 1. The summed E-state index contributed by atoms with van der Waals surface area (Å²) in [6, 6.07) is 30.5. The zero-order chi connectivity index (χ0) is 29.4. The van der Waals surface area contributed by atoms with Crippen molar-refractivity contribution in [3.05, 3.63) is 125 Å². The van der Waals surface area contributed by atoms with Crippen molar-refractivity contribution in [1.29, 1.82) is 0 Å². The van der Waals surface area contributed by atoms with Gasteiger partial charge in [0.05, 0.1) is 23.4 Å². The summed E-state index contributed by atoms with van der Waals surface area (Å²) in [4.78, 5) is 57.0. The Bertz CT molecular complexity index is 1750. The second-order valence-corrected chi connectivity index (χ2v) is 11.9. The minimum absolute atomic E-state index is 0.0584. The lowest BCUT2D eigenvalue weighted by Gasteiger charge is -2.45. The largest absolute Gasteiger partial charge is 0.426 e. The summed E-state index contributed by atoms with van der Waals surface area (Å²) in [5.74, 6) is -2.87. The maximum atomic E-state index is 14.1. The summed E-state index contributed by atoms with van der Waals surface area (Å²) in [6.07, 6.45) is 0.0584. The minimum atomic E-state index is -0.623. The van der Waals surface area contributed by atoms with E-state index in [0.29, 0.717) is 5.69 Å². The molecule has 9 rings (SSSR count). The average molecular weight is 569 g/mol. The molecule has 2 bridgehead atoms. The maximum Gasteiger partial charge on any atom is 0.316 e. The second kappa shape index (κ2) is 9.49. The van der Waals surface area contributed by atoms with E-state index < -0.39 is 23.7 Å². The van der Waals surface area contributed by atoms with E-state index in [0.717, 1.165) is 33.5 Å². The number of ether oxygens (including phenoxy) is 1. The predicted molar refractivity (Wildman–Crippen MR) is 160 cm³/mol. The number of anilines is 2. The molecule has 2 fully saturated rings. The number of carbonyl (C=O) groups excluding carboxylic acids is 4. The van der Waals surface area contributed by atoms with Crippen LogP contribution >= 0.6 is 0 Å². The Morgan fingerprint density at radius 3 is 1.84 bits per heavy atom. The van der Waals surface area contributed by atoms with Crippen molar-refractivity contribution in [2.75, 3.05) is 16.3 Å². The van der Waals surface area contributed by atoms with Crippen LogP contribution in [0.5, 0.6) is 5.75 Å². The van der Waals surface area contributed by atoms with E-state index in [1.165, 1.54) is 4.90 Å². The van der Waals surface area contributed by atoms with E-state index in [1.807, 2.05) is 55.5 Å². The molecule has 3 aliphatic carbocycles. The highest BCUT2D eigenvalue weighted by atomic mass is 16.5. The summed E-state index contributed by atoms with van der Waals surface area (Å²) >= 11 is 0. The van der Waals surface area contributed by atoms with Gasteiger partial charge in [-0.1, -0.05) is 66.7 Å². The molecule has 3 amide bonds. The second-order valence-electron chi connectivity index (χ2n) is 11.9. The molecule has 7 heteroatoms. The summed E-state index contributed by atoms with van der Waals surface area (Å²) in [7, 11) is 0. The number of hydrogen-bond donors (Lipinski definition) is 0. The molecule has 212 valence electrons. The predicted octanol–water partition coefficient (Wildman–Crippen LogP) is 5.35. The third-order valence-corrected chi connectivity index (χ3v) is 9.51. The molecule has 0 aromatic heterocycles. The molecule has 0 spiro atoms. The van der Waals surface area contributed by atoms with Crippen molar-refractivity contribution in [2.45, 2.75) is 25.2 Å². The number of aryl methyl sites for hydroxylation is 1. The normalized spacial score (nSPS) is 25.0. The minimum Gasteiger partial charge on any atom is -0.426 e. The van der Waals surface area contributed by atoms with E-state index in [-0.39, 0.29) is 48.3 Å². The smallest absolute Gasteiger partial charge is 0.316 e. The van der Waals surface area contributed by atoms with Crippen molar-refractivity contribution in [3.63, 3.8) is 0 Å². The molecule has 0 radical (unpaired) electrons. The molecule has 3 atom stereocenters. The first-order valence-corrected chi connectivity index (χ1v) is 14.6. The highest BCUT2D eigenvalue weighted by molar-refractivity contribution is 6.23. The molecule has 5 aliphatic rings. The highest BCUT2D eigenvalue weighted by Gasteiger charge is 2.61. The maximum absolute atomic E-state index is 14.1. The van der Waals surface area contributed by atoms with Gasteiger partial charge in [0.2, 0.25) is 17.7 Å². The number of hydrogen-bond acceptors (Lipinski definition) is 5. The molecule has 2 aliphatic heterocycles. The molecule has 0 saturated carbocycles. The Balaban J connectivity index is 1.06. The Hall–Kier alpha value is -5.04. The lowest BCUT2D eigenvalue weighted by molar-refractivity contribution is -0.139. The zero-order valence-electron chi connectivity index (χ0n) is 23.5. The van der Waals surface area contributed by atoms with E-state index >= 15 is 0 Å². The average Bonchev–Trinajstić information content (AvgIpc) is 3.54. The summed E-state index contributed by atoms with van der Waals surface area (Å²) in [5, 5.41) is 0. The highest BCUT2D eigenvalue weighted by Crippen LogP contribution is 2.61. The van der Waals surface area contributed by atoms with Gasteiger partial charge in [-0.25, -0.2) is 4.90 Å². The van der Waals surface area contributed by atoms with Gasteiger partial charge in [-0.3, -0.25) is 19.2 Å². The van der Waals surface area contributed by atoms with Crippen LogP contribution in [0.2, 0.25) is 0 Å². The van der Waals surface area contributed by atoms with Crippen LogP contribution in [0.3, 0.4) is 0 Å². The van der Waals surface area contributed by atoms with E-state index in [4.69, 9.17) is 4.74 Å². The van der Waals surface area contributed by atoms with Crippen LogP contribution in [-0.4, -0.2) is 30.2 Å². The van der Waals surface area contributed by atoms with Gasteiger partial charge in [-0.2, -0.15) is 0 Å². The van der Waals surface area contributed by atoms with Gasteiger partial charge in [0, 0.05) is 36.6 Å². The SMILES string of the molecule is Cc1cccc(N2C[C@H](C(=O)Oc3cccc(N4C(=O)[C@@H]5C6c7ccccc7C(c7ccccc76)[C@@H]5C4=O)c3)CC2=O)c1. The molecule has 2 heterocycles. The molecule has 7 nitrogen and oxygen atoms in total. The van der Waals surface area contributed by atoms with Gasteiger partial charge in [-0.05, 0) is 59.0 Å². The van der Waals surface area contributed by atoms with Gasteiger partial charge in [0.25, 0.3) is 0 Å². The Kier molecular flexibility index (Phi) is 5.66. The standard InChI is InChI=1S/C36H28N2O5/c1-20-8-6-9-22(16-20)37-19-21(17-29(37)39)36(42)43-24-11-7-10-23(18-24)38-34(40)32-30-25-12-2-3-13-26(25)31(33(32)35(38)41)28-15-5-4-14-27(28)30/h2-16,18,21,30-33H,17,19H2,1H3/t21-,30?,31?,32-,33+/m1/s1. The Morgan fingerprint density at radius 1 is 0.698 bits per heavy atom.